The Morgan fingerprint density at radius 3 is 2.33 bits per heavy atom. The molecule has 0 heterocycles. The summed E-state index contributed by atoms with van der Waals surface area (Å²) in [6.45, 7) is 8.79. The van der Waals surface area contributed by atoms with Gasteiger partial charge in [-0.15, -0.1) is 0 Å². The fourth-order valence-electron chi connectivity index (χ4n) is 1.76. The molecule has 0 bridgehead atoms. The largest absolute Gasteiger partial charge is 0.298 e. The average molecular weight is 210 g/mol. The van der Waals surface area contributed by atoms with E-state index >= 15 is 0 Å². The molecule has 15 heavy (non-hydrogen) atoms. The second kappa shape index (κ2) is 8.70. The predicted octanol–water partition coefficient (Wildman–Crippen LogP) is 4.37. The van der Waals surface area contributed by atoms with Crippen molar-refractivity contribution in [2.75, 3.05) is 0 Å². The summed E-state index contributed by atoms with van der Waals surface area (Å²) in [6.07, 6.45) is 8.96. The van der Waals surface area contributed by atoms with Gasteiger partial charge in [-0.3, -0.25) is 4.79 Å². The Labute approximate surface area is 95.0 Å². The van der Waals surface area contributed by atoms with Crippen LogP contribution in [0.3, 0.4) is 0 Å². The standard InChI is InChI=1S/C14H26O/c1-5-8-13(4)14(11-15)10-7-6-9-12(2)3/h10-13H,5-9H2,1-4H3. The number of aldehydes is 1. The lowest BCUT2D eigenvalue weighted by atomic mass is 9.95. The third-order valence-electron chi connectivity index (χ3n) is 2.79. The third-order valence-corrected chi connectivity index (χ3v) is 2.79. The summed E-state index contributed by atoms with van der Waals surface area (Å²) in [5, 5.41) is 0. The lowest BCUT2D eigenvalue weighted by Gasteiger charge is -2.09. The SMILES string of the molecule is CCCC(C)C(C=O)=CCCCC(C)C. The van der Waals surface area contributed by atoms with E-state index in [9.17, 15) is 4.79 Å². The van der Waals surface area contributed by atoms with Gasteiger partial charge in [0, 0.05) is 0 Å². The number of hydrogen-bond acceptors (Lipinski definition) is 1. The molecule has 0 aliphatic heterocycles. The molecule has 0 aromatic carbocycles. The number of rotatable bonds is 8. The molecule has 0 saturated carbocycles. The first kappa shape index (κ1) is 14.4. The van der Waals surface area contributed by atoms with Crippen LogP contribution in [-0.2, 0) is 4.79 Å². The first-order chi connectivity index (χ1) is 7.11. The summed E-state index contributed by atoms with van der Waals surface area (Å²) in [6, 6.07) is 0. The summed E-state index contributed by atoms with van der Waals surface area (Å²) < 4.78 is 0. The van der Waals surface area contributed by atoms with Crippen molar-refractivity contribution >= 4 is 6.29 Å². The summed E-state index contributed by atoms with van der Waals surface area (Å²) in [5.41, 5.74) is 1.00. The molecule has 0 aliphatic rings. The van der Waals surface area contributed by atoms with E-state index in [0.29, 0.717) is 5.92 Å². The number of allylic oxidation sites excluding steroid dienone is 2. The topological polar surface area (TPSA) is 17.1 Å². The number of carbonyl (C=O) groups is 1. The molecule has 1 heteroatoms. The van der Waals surface area contributed by atoms with Gasteiger partial charge in [0.2, 0.25) is 0 Å². The zero-order valence-corrected chi connectivity index (χ0v) is 10.8. The van der Waals surface area contributed by atoms with Gasteiger partial charge in [0.1, 0.15) is 6.29 Å². The average Bonchev–Trinajstić information content (AvgIpc) is 2.17. The molecule has 1 nitrogen and oxygen atoms in total. The van der Waals surface area contributed by atoms with Crippen molar-refractivity contribution in [3.63, 3.8) is 0 Å². The van der Waals surface area contributed by atoms with Gasteiger partial charge in [0.05, 0.1) is 0 Å². The monoisotopic (exact) mass is 210 g/mol. The number of carbonyl (C=O) groups excluding carboxylic acids is 1. The van der Waals surface area contributed by atoms with Gasteiger partial charge in [-0.1, -0.05) is 46.6 Å². The highest BCUT2D eigenvalue weighted by Gasteiger charge is 2.05. The van der Waals surface area contributed by atoms with Crippen LogP contribution in [0, 0.1) is 11.8 Å². The molecule has 1 unspecified atom stereocenters. The molecule has 0 aromatic heterocycles. The first-order valence-electron chi connectivity index (χ1n) is 6.27. The Balaban J connectivity index is 3.93. The Morgan fingerprint density at radius 1 is 1.20 bits per heavy atom. The van der Waals surface area contributed by atoms with Crippen molar-refractivity contribution < 1.29 is 4.79 Å². The third kappa shape index (κ3) is 7.35. The minimum atomic E-state index is 0.437. The maximum Gasteiger partial charge on any atom is 0.145 e. The van der Waals surface area contributed by atoms with E-state index in [1.165, 1.54) is 12.8 Å². The molecular formula is C14H26O. The fourth-order valence-corrected chi connectivity index (χ4v) is 1.76. The van der Waals surface area contributed by atoms with E-state index in [0.717, 1.165) is 37.0 Å². The van der Waals surface area contributed by atoms with E-state index in [2.05, 4.69) is 33.8 Å². The molecule has 0 rings (SSSR count). The van der Waals surface area contributed by atoms with Crippen LogP contribution in [0.1, 0.15) is 59.8 Å². The van der Waals surface area contributed by atoms with E-state index in [-0.39, 0.29) is 0 Å². The van der Waals surface area contributed by atoms with Crippen LogP contribution in [0.2, 0.25) is 0 Å². The molecule has 0 N–H and O–H groups in total. The van der Waals surface area contributed by atoms with Gasteiger partial charge >= 0.3 is 0 Å². The molecule has 0 aliphatic carbocycles. The Hall–Kier alpha value is -0.590. The van der Waals surface area contributed by atoms with Gasteiger partial charge in [0.25, 0.3) is 0 Å². The number of unbranched alkanes of at least 4 members (excludes halogenated alkanes) is 1. The normalized spacial score (nSPS) is 14.3. The quantitative estimate of drug-likeness (QED) is 0.330. The van der Waals surface area contributed by atoms with Gasteiger partial charge in [-0.2, -0.15) is 0 Å². The molecular weight excluding hydrogens is 184 g/mol. The van der Waals surface area contributed by atoms with E-state index in [1.807, 2.05) is 0 Å². The smallest absolute Gasteiger partial charge is 0.145 e. The summed E-state index contributed by atoms with van der Waals surface area (Å²) in [7, 11) is 0. The molecule has 0 spiro atoms. The summed E-state index contributed by atoms with van der Waals surface area (Å²) in [4.78, 5) is 10.9. The lowest BCUT2D eigenvalue weighted by molar-refractivity contribution is -0.105. The first-order valence-corrected chi connectivity index (χ1v) is 6.27. The maximum absolute atomic E-state index is 10.9. The highest BCUT2D eigenvalue weighted by molar-refractivity contribution is 5.73. The van der Waals surface area contributed by atoms with E-state index in [1.54, 1.807) is 0 Å². The van der Waals surface area contributed by atoms with E-state index in [4.69, 9.17) is 0 Å². The van der Waals surface area contributed by atoms with Crippen molar-refractivity contribution in [2.45, 2.75) is 59.8 Å². The maximum atomic E-state index is 10.9. The minimum absolute atomic E-state index is 0.437. The van der Waals surface area contributed by atoms with Crippen molar-refractivity contribution in [1.82, 2.24) is 0 Å². The Bertz CT molecular complexity index is 192. The van der Waals surface area contributed by atoms with Crippen LogP contribution >= 0.6 is 0 Å². The summed E-state index contributed by atoms with van der Waals surface area (Å²) in [5.74, 6) is 1.21. The highest BCUT2D eigenvalue weighted by atomic mass is 16.1. The minimum Gasteiger partial charge on any atom is -0.298 e. The van der Waals surface area contributed by atoms with Crippen molar-refractivity contribution in [3.8, 4) is 0 Å². The van der Waals surface area contributed by atoms with Crippen LogP contribution in [-0.4, -0.2) is 6.29 Å². The van der Waals surface area contributed by atoms with Crippen LogP contribution in [0.5, 0.6) is 0 Å². The van der Waals surface area contributed by atoms with E-state index < -0.39 is 0 Å². The predicted molar refractivity (Wildman–Crippen MR) is 66.9 cm³/mol. The molecule has 88 valence electrons. The lowest BCUT2D eigenvalue weighted by Crippen LogP contribution is -2.00. The molecule has 0 radical (unpaired) electrons. The van der Waals surface area contributed by atoms with Gasteiger partial charge in [-0.05, 0) is 36.7 Å². The Morgan fingerprint density at radius 2 is 1.87 bits per heavy atom. The number of hydrogen-bond donors (Lipinski definition) is 0. The van der Waals surface area contributed by atoms with Gasteiger partial charge in [-0.25, -0.2) is 0 Å². The van der Waals surface area contributed by atoms with Gasteiger partial charge < -0.3 is 0 Å². The zero-order valence-electron chi connectivity index (χ0n) is 10.8. The van der Waals surface area contributed by atoms with Gasteiger partial charge in [0.15, 0.2) is 0 Å². The molecule has 0 aromatic rings. The van der Waals surface area contributed by atoms with Crippen LogP contribution in [0.15, 0.2) is 11.6 Å². The Kier molecular flexibility index (Phi) is 8.35. The van der Waals surface area contributed by atoms with Crippen LogP contribution < -0.4 is 0 Å². The van der Waals surface area contributed by atoms with Crippen LogP contribution in [0.4, 0.5) is 0 Å². The van der Waals surface area contributed by atoms with Crippen LogP contribution in [0.25, 0.3) is 0 Å². The zero-order chi connectivity index (χ0) is 11.7. The molecule has 0 fully saturated rings. The molecule has 0 amide bonds. The van der Waals surface area contributed by atoms with Crippen molar-refractivity contribution in [3.05, 3.63) is 11.6 Å². The fraction of sp³-hybridized carbons (Fsp3) is 0.786. The molecule has 1 atom stereocenters. The van der Waals surface area contributed by atoms with Crippen molar-refractivity contribution in [1.29, 1.82) is 0 Å². The second-order valence-electron chi connectivity index (χ2n) is 4.84. The summed E-state index contributed by atoms with van der Waals surface area (Å²) >= 11 is 0. The van der Waals surface area contributed by atoms with Crippen molar-refractivity contribution in [2.24, 2.45) is 11.8 Å². The second-order valence-corrected chi connectivity index (χ2v) is 4.84. The molecule has 0 saturated heterocycles. The highest BCUT2D eigenvalue weighted by Crippen LogP contribution is 2.16.